The minimum absolute atomic E-state index is 0.288. The largest absolute Gasteiger partial charge is 0.365 e. The molecule has 0 amide bonds. The molecule has 0 radical (unpaired) electrons. The van der Waals surface area contributed by atoms with E-state index in [1.165, 1.54) is 5.56 Å². The Hall–Kier alpha value is -2.51. The van der Waals surface area contributed by atoms with Crippen LogP contribution in [0.5, 0.6) is 0 Å². The molecule has 1 aliphatic heterocycles. The number of fused-ring (bicyclic) bond motifs is 1. The highest BCUT2D eigenvalue weighted by atomic mass is 32.2. The highest BCUT2D eigenvalue weighted by Crippen LogP contribution is 2.23. The predicted octanol–water partition coefficient (Wildman–Crippen LogP) is 3.72. The number of hydrogen-bond acceptors (Lipinski definition) is 5. The molecule has 4 rings (SSSR count). The van der Waals surface area contributed by atoms with E-state index >= 15 is 0 Å². The molecule has 6 nitrogen and oxygen atoms in total. The van der Waals surface area contributed by atoms with Crippen molar-refractivity contribution in [3.05, 3.63) is 59.8 Å². The van der Waals surface area contributed by atoms with E-state index in [1.807, 2.05) is 0 Å². The molecule has 0 spiro atoms. The Morgan fingerprint density at radius 1 is 1.00 bits per heavy atom. The Morgan fingerprint density at radius 3 is 2.50 bits per heavy atom. The van der Waals surface area contributed by atoms with E-state index in [-0.39, 0.29) is 4.90 Å². The minimum Gasteiger partial charge on any atom is -0.365 e. The Kier molecular flexibility index (Phi) is 5.28. The van der Waals surface area contributed by atoms with Gasteiger partial charge in [0, 0.05) is 19.6 Å². The molecule has 3 aromatic rings. The zero-order valence-corrected chi connectivity index (χ0v) is 16.7. The van der Waals surface area contributed by atoms with Gasteiger partial charge in [-0.15, -0.1) is 0 Å². The first-order chi connectivity index (χ1) is 13.5. The van der Waals surface area contributed by atoms with E-state index in [0.717, 1.165) is 24.8 Å². The molecular formula is C21H24N4O2S. The second kappa shape index (κ2) is 7.85. The molecular weight excluding hydrogens is 372 g/mol. The second-order valence-electron chi connectivity index (χ2n) is 7.21. The number of nitrogens with one attached hydrogen (secondary N) is 1. The lowest BCUT2D eigenvalue weighted by Gasteiger charge is -2.25. The summed E-state index contributed by atoms with van der Waals surface area (Å²) in [5.74, 6) is 0.666. The van der Waals surface area contributed by atoms with Crippen molar-refractivity contribution in [3.8, 4) is 0 Å². The van der Waals surface area contributed by atoms with Gasteiger partial charge in [-0.1, -0.05) is 36.2 Å². The van der Waals surface area contributed by atoms with Crippen LogP contribution >= 0.6 is 0 Å². The first-order valence-corrected chi connectivity index (χ1v) is 11.0. The summed E-state index contributed by atoms with van der Waals surface area (Å²) in [6, 6.07) is 13.3. The number of nitrogens with zero attached hydrogens (tertiary/aromatic N) is 3. The highest BCUT2D eigenvalue weighted by Gasteiger charge is 2.26. The fraction of sp³-hybridized carbons (Fsp3) is 0.333. The number of benzene rings is 2. The van der Waals surface area contributed by atoms with E-state index < -0.39 is 10.0 Å². The summed E-state index contributed by atoms with van der Waals surface area (Å²) in [6.45, 7) is 3.90. The van der Waals surface area contributed by atoms with Gasteiger partial charge in [0.05, 0.1) is 22.1 Å². The van der Waals surface area contributed by atoms with Gasteiger partial charge in [-0.05, 0) is 43.5 Å². The maximum Gasteiger partial charge on any atom is 0.243 e. The number of rotatable bonds is 5. The smallest absolute Gasteiger partial charge is 0.243 e. The van der Waals surface area contributed by atoms with Crippen LogP contribution < -0.4 is 5.32 Å². The first-order valence-electron chi connectivity index (χ1n) is 9.59. The number of sulfonamides is 1. The molecule has 1 aromatic heterocycles. The lowest BCUT2D eigenvalue weighted by atomic mass is 10.1. The lowest BCUT2D eigenvalue weighted by molar-refractivity contribution is 0.346. The molecule has 7 heteroatoms. The van der Waals surface area contributed by atoms with E-state index in [9.17, 15) is 8.42 Å². The van der Waals surface area contributed by atoms with Crippen LogP contribution in [0.1, 0.15) is 30.4 Å². The van der Waals surface area contributed by atoms with Crippen molar-refractivity contribution in [3.63, 3.8) is 0 Å². The molecule has 2 aromatic carbocycles. The second-order valence-corrected chi connectivity index (χ2v) is 9.15. The molecule has 0 aliphatic carbocycles. The van der Waals surface area contributed by atoms with Crippen LogP contribution in [0.15, 0.2) is 53.6 Å². The number of aryl methyl sites for hydroxylation is 1. The third kappa shape index (κ3) is 4.00. The van der Waals surface area contributed by atoms with E-state index in [4.69, 9.17) is 0 Å². The molecule has 146 valence electrons. The van der Waals surface area contributed by atoms with E-state index in [2.05, 4.69) is 46.5 Å². The zero-order chi connectivity index (χ0) is 19.6. The third-order valence-electron chi connectivity index (χ3n) is 5.06. The molecule has 28 heavy (non-hydrogen) atoms. The number of hydrogen-bond donors (Lipinski definition) is 1. The highest BCUT2D eigenvalue weighted by molar-refractivity contribution is 7.89. The van der Waals surface area contributed by atoms with Gasteiger partial charge in [0.15, 0.2) is 0 Å². The summed E-state index contributed by atoms with van der Waals surface area (Å²) in [5.41, 5.74) is 3.64. The van der Waals surface area contributed by atoms with Gasteiger partial charge in [0.2, 0.25) is 10.0 Å². The van der Waals surface area contributed by atoms with Crippen LogP contribution in [-0.4, -0.2) is 35.8 Å². The van der Waals surface area contributed by atoms with Crippen LogP contribution in [0.25, 0.3) is 11.0 Å². The molecule has 1 saturated heterocycles. The van der Waals surface area contributed by atoms with Gasteiger partial charge in [0.25, 0.3) is 0 Å². The molecule has 0 unspecified atom stereocenters. The van der Waals surface area contributed by atoms with Gasteiger partial charge in [-0.25, -0.2) is 13.4 Å². The van der Waals surface area contributed by atoms with Gasteiger partial charge in [-0.2, -0.15) is 4.31 Å². The minimum atomic E-state index is -3.46. The van der Waals surface area contributed by atoms with Crippen molar-refractivity contribution < 1.29 is 8.42 Å². The van der Waals surface area contributed by atoms with Crippen LogP contribution in [0.3, 0.4) is 0 Å². The Labute approximate surface area is 165 Å². The quantitative estimate of drug-likeness (QED) is 0.711. The van der Waals surface area contributed by atoms with Gasteiger partial charge in [0.1, 0.15) is 5.82 Å². The van der Waals surface area contributed by atoms with Crippen LogP contribution in [0, 0.1) is 6.92 Å². The average Bonchev–Trinajstić information content (AvgIpc) is 2.73. The summed E-state index contributed by atoms with van der Waals surface area (Å²) < 4.78 is 27.3. The predicted molar refractivity (Wildman–Crippen MR) is 111 cm³/mol. The SMILES string of the molecule is Cc1ccc(CNc2cnc3cc(S(=O)(=O)N4CCCCC4)ccc3n2)cc1. The summed E-state index contributed by atoms with van der Waals surface area (Å²) in [6.07, 6.45) is 4.58. The number of piperidine rings is 1. The number of anilines is 1. The fourth-order valence-electron chi connectivity index (χ4n) is 3.39. The van der Waals surface area contributed by atoms with Gasteiger partial charge in [-0.3, -0.25) is 4.98 Å². The maximum absolute atomic E-state index is 12.8. The molecule has 0 saturated carbocycles. The van der Waals surface area contributed by atoms with Crippen molar-refractivity contribution in [2.75, 3.05) is 18.4 Å². The van der Waals surface area contributed by atoms with E-state index in [0.29, 0.717) is 36.5 Å². The molecule has 0 bridgehead atoms. The van der Waals surface area contributed by atoms with Crippen molar-refractivity contribution >= 4 is 26.9 Å². The lowest BCUT2D eigenvalue weighted by Crippen LogP contribution is -2.35. The fourth-order valence-corrected chi connectivity index (χ4v) is 4.93. The van der Waals surface area contributed by atoms with Crippen LogP contribution in [0.2, 0.25) is 0 Å². The van der Waals surface area contributed by atoms with Gasteiger partial charge >= 0.3 is 0 Å². The van der Waals surface area contributed by atoms with Crippen LogP contribution in [-0.2, 0) is 16.6 Å². The third-order valence-corrected chi connectivity index (χ3v) is 6.96. The van der Waals surface area contributed by atoms with Crippen molar-refractivity contribution in [2.24, 2.45) is 0 Å². The average molecular weight is 397 g/mol. The number of aromatic nitrogens is 2. The van der Waals surface area contributed by atoms with Crippen molar-refractivity contribution in [2.45, 2.75) is 37.6 Å². The molecule has 1 fully saturated rings. The summed E-state index contributed by atoms with van der Waals surface area (Å²) in [7, 11) is -3.46. The topological polar surface area (TPSA) is 75.2 Å². The molecule has 1 aliphatic rings. The normalized spacial score (nSPS) is 15.6. The van der Waals surface area contributed by atoms with Crippen molar-refractivity contribution in [1.82, 2.24) is 14.3 Å². The summed E-state index contributed by atoms with van der Waals surface area (Å²) in [5, 5.41) is 3.27. The Morgan fingerprint density at radius 2 is 1.75 bits per heavy atom. The molecule has 1 N–H and O–H groups in total. The molecule has 2 heterocycles. The van der Waals surface area contributed by atoms with Gasteiger partial charge < -0.3 is 5.32 Å². The maximum atomic E-state index is 12.8. The summed E-state index contributed by atoms with van der Waals surface area (Å²) >= 11 is 0. The first kappa shape index (κ1) is 18.8. The zero-order valence-electron chi connectivity index (χ0n) is 15.9. The summed E-state index contributed by atoms with van der Waals surface area (Å²) in [4.78, 5) is 9.27. The Bertz CT molecular complexity index is 1080. The van der Waals surface area contributed by atoms with Crippen LogP contribution in [0.4, 0.5) is 5.82 Å². The monoisotopic (exact) mass is 396 g/mol. The van der Waals surface area contributed by atoms with Crippen molar-refractivity contribution in [1.29, 1.82) is 0 Å². The Balaban J connectivity index is 1.53. The molecule has 0 atom stereocenters. The van der Waals surface area contributed by atoms with E-state index in [1.54, 1.807) is 28.7 Å². The standard InChI is InChI=1S/C21H24N4O2S/c1-16-5-7-17(8-6-16)14-23-21-15-22-20-13-18(9-10-19(20)24-21)28(26,27)25-11-3-2-4-12-25/h5-10,13,15H,2-4,11-12,14H2,1H3,(H,23,24).